The van der Waals surface area contributed by atoms with Crippen LogP contribution in [0.1, 0.15) is 11.1 Å². The molecule has 6 heteroatoms. The van der Waals surface area contributed by atoms with E-state index < -0.39 is 11.7 Å². The lowest BCUT2D eigenvalue weighted by Crippen LogP contribution is -2.04. The second-order valence-electron chi connectivity index (χ2n) is 3.96. The summed E-state index contributed by atoms with van der Waals surface area (Å²) in [7, 11) is 1.74. The molecule has 0 saturated carbocycles. The number of aromatic nitrogens is 2. The first kappa shape index (κ1) is 12.6. The van der Waals surface area contributed by atoms with Crippen LogP contribution in [0.15, 0.2) is 30.5 Å². The summed E-state index contributed by atoms with van der Waals surface area (Å²) in [5.41, 5.74) is 6.95. The molecular weight excluding hydrogens is 243 g/mol. The zero-order chi connectivity index (χ0) is 13.3. The minimum absolute atomic E-state index is 0.296. The molecule has 2 rings (SSSR count). The molecule has 1 aromatic carbocycles. The molecule has 0 fully saturated rings. The molecule has 0 atom stereocenters. The van der Waals surface area contributed by atoms with Crippen molar-refractivity contribution in [1.82, 2.24) is 9.78 Å². The highest BCUT2D eigenvalue weighted by molar-refractivity contribution is 5.63. The van der Waals surface area contributed by atoms with E-state index in [0.717, 1.165) is 17.7 Å². The molecule has 2 N–H and O–H groups in total. The molecule has 0 saturated heterocycles. The Morgan fingerprint density at radius 2 is 1.83 bits per heavy atom. The number of aryl methyl sites for hydroxylation is 1. The van der Waals surface area contributed by atoms with E-state index in [0.29, 0.717) is 17.8 Å². The van der Waals surface area contributed by atoms with Gasteiger partial charge in [0.1, 0.15) is 0 Å². The van der Waals surface area contributed by atoms with Gasteiger partial charge >= 0.3 is 6.18 Å². The van der Waals surface area contributed by atoms with Crippen LogP contribution in [0.4, 0.5) is 13.2 Å². The zero-order valence-electron chi connectivity index (χ0n) is 9.70. The number of hydrogen-bond donors (Lipinski definition) is 1. The third-order valence-electron chi connectivity index (χ3n) is 2.61. The standard InChI is InChI=1S/C12H12F3N3/c1-18-7-9(6-16)11(17-18)8-2-4-10(5-3-8)12(13,14)15/h2-5,7H,6,16H2,1H3. The predicted molar refractivity (Wildman–Crippen MR) is 61.5 cm³/mol. The summed E-state index contributed by atoms with van der Waals surface area (Å²) in [5, 5.41) is 4.20. The summed E-state index contributed by atoms with van der Waals surface area (Å²) in [5.74, 6) is 0. The van der Waals surface area contributed by atoms with E-state index >= 15 is 0 Å². The van der Waals surface area contributed by atoms with E-state index in [1.54, 1.807) is 17.9 Å². The number of halogens is 3. The highest BCUT2D eigenvalue weighted by Gasteiger charge is 2.30. The Morgan fingerprint density at radius 1 is 1.22 bits per heavy atom. The quantitative estimate of drug-likeness (QED) is 0.896. The van der Waals surface area contributed by atoms with E-state index in [9.17, 15) is 13.2 Å². The lowest BCUT2D eigenvalue weighted by molar-refractivity contribution is -0.137. The first-order valence-corrected chi connectivity index (χ1v) is 5.32. The molecular formula is C12H12F3N3. The summed E-state index contributed by atoms with van der Waals surface area (Å²) in [6.45, 7) is 0.296. The Morgan fingerprint density at radius 3 is 2.33 bits per heavy atom. The average Bonchev–Trinajstić information content (AvgIpc) is 2.69. The maximum Gasteiger partial charge on any atom is 0.416 e. The fourth-order valence-corrected chi connectivity index (χ4v) is 1.75. The number of alkyl halides is 3. The molecule has 18 heavy (non-hydrogen) atoms. The largest absolute Gasteiger partial charge is 0.416 e. The normalized spacial score (nSPS) is 11.8. The Balaban J connectivity index is 2.40. The first-order valence-electron chi connectivity index (χ1n) is 5.32. The van der Waals surface area contributed by atoms with Crippen molar-refractivity contribution in [2.45, 2.75) is 12.7 Å². The molecule has 96 valence electrons. The summed E-state index contributed by atoms with van der Waals surface area (Å²) in [6.07, 6.45) is -2.56. The van der Waals surface area contributed by atoms with Crippen LogP contribution in [0.25, 0.3) is 11.3 Å². The van der Waals surface area contributed by atoms with Gasteiger partial charge in [0.2, 0.25) is 0 Å². The third kappa shape index (κ3) is 2.38. The molecule has 0 spiro atoms. The zero-order valence-corrected chi connectivity index (χ0v) is 9.70. The van der Waals surface area contributed by atoms with Crippen molar-refractivity contribution in [3.8, 4) is 11.3 Å². The van der Waals surface area contributed by atoms with Gasteiger partial charge in [-0.1, -0.05) is 12.1 Å². The fraction of sp³-hybridized carbons (Fsp3) is 0.250. The van der Waals surface area contributed by atoms with Gasteiger partial charge in [0, 0.05) is 30.9 Å². The van der Waals surface area contributed by atoms with E-state index in [-0.39, 0.29) is 0 Å². The molecule has 0 aliphatic heterocycles. The lowest BCUT2D eigenvalue weighted by Gasteiger charge is -2.07. The summed E-state index contributed by atoms with van der Waals surface area (Å²) < 4.78 is 38.9. The number of nitrogens with two attached hydrogens (primary N) is 1. The van der Waals surface area contributed by atoms with Crippen molar-refractivity contribution in [2.24, 2.45) is 12.8 Å². The van der Waals surface area contributed by atoms with E-state index in [2.05, 4.69) is 5.10 Å². The van der Waals surface area contributed by atoms with Crippen LogP contribution in [0.2, 0.25) is 0 Å². The van der Waals surface area contributed by atoms with E-state index in [4.69, 9.17) is 5.73 Å². The molecule has 0 radical (unpaired) electrons. The van der Waals surface area contributed by atoms with Gasteiger partial charge in [0.05, 0.1) is 11.3 Å². The van der Waals surface area contributed by atoms with Crippen LogP contribution >= 0.6 is 0 Å². The van der Waals surface area contributed by atoms with Crippen molar-refractivity contribution in [1.29, 1.82) is 0 Å². The molecule has 2 aromatic rings. The minimum Gasteiger partial charge on any atom is -0.326 e. The molecule has 0 bridgehead atoms. The smallest absolute Gasteiger partial charge is 0.326 e. The fourth-order valence-electron chi connectivity index (χ4n) is 1.75. The second-order valence-corrected chi connectivity index (χ2v) is 3.96. The molecule has 0 amide bonds. The Bertz CT molecular complexity index is 541. The Kier molecular flexibility index (Phi) is 3.13. The highest BCUT2D eigenvalue weighted by Crippen LogP contribution is 2.31. The highest BCUT2D eigenvalue weighted by atomic mass is 19.4. The molecule has 0 unspecified atom stereocenters. The Hall–Kier alpha value is -1.82. The monoisotopic (exact) mass is 255 g/mol. The SMILES string of the molecule is Cn1cc(CN)c(-c2ccc(C(F)(F)F)cc2)n1. The number of hydrogen-bond acceptors (Lipinski definition) is 2. The minimum atomic E-state index is -4.32. The maximum absolute atomic E-state index is 12.4. The van der Waals surface area contributed by atoms with Crippen molar-refractivity contribution in [2.75, 3.05) is 0 Å². The summed E-state index contributed by atoms with van der Waals surface area (Å²) >= 11 is 0. The lowest BCUT2D eigenvalue weighted by atomic mass is 10.1. The number of benzene rings is 1. The summed E-state index contributed by atoms with van der Waals surface area (Å²) in [4.78, 5) is 0. The number of nitrogens with zero attached hydrogens (tertiary/aromatic N) is 2. The average molecular weight is 255 g/mol. The Labute approximate surface area is 102 Å². The predicted octanol–water partition coefficient (Wildman–Crippen LogP) is 2.56. The van der Waals surface area contributed by atoms with Gasteiger partial charge in [-0.2, -0.15) is 18.3 Å². The van der Waals surface area contributed by atoms with Crippen molar-refractivity contribution >= 4 is 0 Å². The van der Waals surface area contributed by atoms with E-state index in [1.165, 1.54) is 12.1 Å². The maximum atomic E-state index is 12.4. The summed E-state index contributed by atoms with van der Waals surface area (Å²) in [6, 6.07) is 4.91. The molecule has 0 aliphatic carbocycles. The van der Waals surface area contributed by atoms with Crippen LogP contribution in [-0.4, -0.2) is 9.78 Å². The van der Waals surface area contributed by atoms with Gasteiger partial charge < -0.3 is 5.73 Å². The van der Waals surface area contributed by atoms with Crippen LogP contribution in [0.3, 0.4) is 0 Å². The van der Waals surface area contributed by atoms with Crippen molar-refractivity contribution in [3.05, 3.63) is 41.6 Å². The van der Waals surface area contributed by atoms with Gasteiger partial charge in [-0.3, -0.25) is 4.68 Å². The van der Waals surface area contributed by atoms with Crippen molar-refractivity contribution in [3.63, 3.8) is 0 Å². The van der Waals surface area contributed by atoms with Crippen LogP contribution in [-0.2, 0) is 19.8 Å². The third-order valence-corrected chi connectivity index (χ3v) is 2.61. The molecule has 3 nitrogen and oxygen atoms in total. The van der Waals surface area contributed by atoms with Gasteiger partial charge in [-0.15, -0.1) is 0 Å². The molecule has 1 heterocycles. The first-order chi connectivity index (χ1) is 8.41. The van der Waals surface area contributed by atoms with Crippen LogP contribution in [0.5, 0.6) is 0 Å². The number of rotatable bonds is 2. The van der Waals surface area contributed by atoms with Gasteiger partial charge in [0.15, 0.2) is 0 Å². The molecule has 0 aliphatic rings. The van der Waals surface area contributed by atoms with Gasteiger partial charge in [0.25, 0.3) is 0 Å². The van der Waals surface area contributed by atoms with Crippen LogP contribution in [0, 0.1) is 0 Å². The second kappa shape index (κ2) is 4.45. The van der Waals surface area contributed by atoms with E-state index in [1.807, 2.05) is 0 Å². The van der Waals surface area contributed by atoms with Crippen molar-refractivity contribution < 1.29 is 13.2 Å². The molecule has 1 aromatic heterocycles. The van der Waals surface area contributed by atoms with Crippen LogP contribution < -0.4 is 5.73 Å². The topological polar surface area (TPSA) is 43.8 Å². The van der Waals surface area contributed by atoms with Gasteiger partial charge in [-0.25, -0.2) is 0 Å². The van der Waals surface area contributed by atoms with Gasteiger partial charge in [-0.05, 0) is 12.1 Å².